The molecule has 2 aromatic rings. The average Bonchev–Trinajstić information content (AvgIpc) is 2.69. The molecule has 1 heterocycles. The van der Waals surface area contributed by atoms with Crippen LogP contribution in [0.25, 0.3) is 0 Å². The summed E-state index contributed by atoms with van der Waals surface area (Å²) in [6.07, 6.45) is 0. The Balaban J connectivity index is 1.95. The van der Waals surface area contributed by atoms with Crippen LogP contribution in [0.1, 0.15) is 26.3 Å². The van der Waals surface area contributed by atoms with E-state index in [1.54, 1.807) is 18.2 Å². The van der Waals surface area contributed by atoms with Crippen LogP contribution in [-0.4, -0.2) is 16.7 Å². The molecule has 0 radical (unpaired) electrons. The van der Waals surface area contributed by atoms with Crippen LogP contribution in [0.2, 0.25) is 0 Å². The number of carbonyl (C=O) groups excluding carboxylic acids is 2. The molecular weight excluding hydrogens is 400 g/mol. The normalized spacial score (nSPS) is 13.7. The first kappa shape index (κ1) is 14.3. The summed E-state index contributed by atoms with van der Waals surface area (Å²) in [5.74, 6) is -0.645. The van der Waals surface area contributed by atoms with E-state index in [2.05, 4.69) is 31.9 Å². The first-order valence-corrected chi connectivity index (χ1v) is 7.76. The van der Waals surface area contributed by atoms with E-state index in [0.29, 0.717) is 16.8 Å². The lowest BCUT2D eigenvalue weighted by Crippen LogP contribution is -2.29. The quantitative estimate of drug-likeness (QED) is 0.608. The molecule has 0 unspecified atom stereocenters. The summed E-state index contributed by atoms with van der Waals surface area (Å²) in [5, 5.41) is 0. The van der Waals surface area contributed by atoms with Gasteiger partial charge in [0.1, 0.15) is 0 Å². The number of imide groups is 1. The molecule has 0 aliphatic carbocycles. The molecule has 2 N–H and O–H groups in total. The molecule has 6 heteroatoms. The average molecular weight is 410 g/mol. The summed E-state index contributed by atoms with van der Waals surface area (Å²) in [6, 6.07) is 10.5. The number of benzene rings is 2. The van der Waals surface area contributed by atoms with Gasteiger partial charge in [-0.3, -0.25) is 14.5 Å². The molecular formula is C15H10Br2N2O2. The van der Waals surface area contributed by atoms with Gasteiger partial charge in [0.25, 0.3) is 11.8 Å². The van der Waals surface area contributed by atoms with Crippen molar-refractivity contribution in [3.05, 3.63) is 62.0 Å². The highest BCUT2D eigenvalue weighted by molar-refractivity contribution is 9.13. The number of anilines is 1. The zero-order valence-corrected chi connectivity index (χ0v) is 13.9. The predicted molar refractivity (Wildman–Crippen MR) is 86.9 cm³/mol. The molecule has 0 spiro atoms. The van der Waals surface area contributed by atoms with E-state index in [1.165, 1.54) is 4.90 Å². The highest BCUT2D eigenvalue weighted by Gasteiger charge is 2.36. The first-order chi connectivity index (χ1) is 9.99. The second kappa shape index (κ2) is 5.27. The third-order valence-corrected chi connectivity index (χ3v) is 5.24. The van der Waals surface area contributed by atoms with Crippen molar-refractivity contribution >= 4 is 49.4 Å². The molecule has 0 saturated carbocycles. The Morgan fingerprint density at radius 1 is 1.00 bits per heavy atom. The van der Waals surface area contributed by atoms with E-state index in [9.17, 15) is 9.59 Å². The van der Waals surface area contributed by atoms with Crippen LogP contribution >= 0.6 is 31.9 Å². The summed E-state index contributed by atoms with van der Waals surface area (Å²) in [5.41, 5.74) is 7.68. The van der Waals surface area contributed by atoms with Crippen molar-refractivity contribution in [3.63, 3.8) is 0 Å². The van der Waals surface area contributed by atoms with Gasteiger partial charge in [-0.2, -0.15) is 0 Å². The van der Waals surface area contributed by atoms with Gasteiger partial charge in [0.2, 0.25) is 0 Å². The minimum absolute atomic E-state index is 0.220. The fourth-order valence-corrected chi connectivity index (χ4v) is 3.00. The Labute approximate surface area is 138 Å². The van der Waals surface area contributed by atoms with E-state index in [0.717, 1.165) is 14.5 Å². The van der Waals surface area contributed by atoms with Crippen LogP contribution in [0.3, 0.4) is 0 Å². The fourth-order valence-electron chi connectivity index (χ4n) is 2.32. The Morgan fingerprint density at radius 2 is 1.76 bits per heavy atom. The molecule has 2 aromatic carbocycles. The van der Waals surface area contributed by atoms with Crippen LogP contribution in [0, 0.1) is 0 Å². The molecule has 0 bridgehead atoms. The van der Waals surface area contributed by atoms with Gasteiger partial charge in [0, 0.05) is 14.6 Å². The summed E-state index contributed by atoms with van der Waals surface area (Å²) >= 11 is 6.80. The van der Waals surface area contributed by atoms with Gasteiger partial charge in [0.05, 0.1) is 17.7 Å². The Bertz CT molecular complexity index is 774. The number of hydrogen-bond acceptors (Lipinski definition) is 3. The lowest BCUT2D eigenvalue weighted by atomic mass is 10.1. The van der Waals surface area contributed by atoms with Crippen molar-refractivity contribution in [2.24, 2.45) is 0 Å². The standard InChI is InChI=1S/C15H10Br2N2O2/c16-10-5-4-8(6-11(10)17)7-19-14(20)9-2-1-3-12(18)13(9)15(19)21/h1-6H,7,18H2. The number of amides is 2. The Hall–Kier alpha value is -1.66. The summed E-state index contributed by atoms with van der Waals surface area (Å²) in [4.78, 5) is 26.0. The number of rotatable bonds is 2. The molecule has 4 nitrogen and oxygen atoms in total. The van der Waals surface area contributed by atoms with E-state index < -0.39 is 0 Å². The number of carbonyl (C=O) groups is 2. The van der Waals surface area contributed by atoms with Crippen LogP contribution in [0.4, 0.5) is 5.69 Å². The highest BCUT2D eigenvalue weighted by Crippen LogP contribution is 2.30. The minimum atomic E-state index is -0.341. The second-order valence-electron chi connectivity index (χ2n) is 4.71. The maximum Gasteiger partial charge on any atom is 0.263 e. The Morgan fingerprint density at radius 3 is 2.43 bits per heavy atom. The van der Waals surface area contributed by atoms with Gasteiger partial charge in [-0.05, 0) is 61.7 Å². The Kier molecular flexibility index (Phi) is 3.59. The van der Waals surface area contributed by atoms with Crippen LogP contribution in [0.5, 0.6) is 0 Å². The molecule has 0 atom stereocenters. The SMILES string of the molecule is Nc1cccc2c1C(=O)N(Cc1ccc(Br)c(Br)c1)C2=O. The van der Waals surface area contributed by atoms with Crippen molar-refractivity contribution in [2.45, 2.75) is 6.54 Å². The first-order valence-electron chi connectivity index (χ1n) is 6.17. The number of hydrogen-bond donors (Lipinski definition) is 1. The smallest absolute Gasteiger partial charge is 0.263 e. The monoisotopic (exact) mass is 408 g/mol. The van der Waals surface area contributed by atoms with Gasteiger partial charge in [-0.25, -0.2) is 0 Å². The number of fused-ring (bicyclic) bond motifs is 1. The number of nitrogens with two attached hydrogens (primary N) is 1. The van der Waals surface area contributed by atoms with Crippen LogP contribution in [-0.2, 0) is 6.54 Å². The van der Waals surface area contributed by atoms with Gasteiger partial charge >= 0.3 is 0 Å². The number of nitrogen functional groups attached to an aromatic ring is 1. The molecule has 0 aromatic heterocycles. The molecule has 106 valence electrons. The van der Waals surface area contributed by atoms with Gasteiger partial charge < -0.3 is 5.73 Å². The third kappa shape index (κ3) is 2.38. The van der Waals surface area contributed by atoms with E-state index in [4.69, 9.17) is 5.73 Å². The molecule has 1 aliphatic heterocycles. The second-order valence-corrected chi connectivity index (χ2v) is 6.42. The van der Waals surface area contributed by atoms with E-state index in [1.807, 2.05) is 18.2 Å². The molecule has 0 fully saturated rings. The van der Waals surface area contributed by atoms with Crippen molar-refractivity contribution in [1.82, 2.24) is 4.90 Å². The number of nitrogens with zero attached hydrogens (tertiary/aromatic N) is 1. The fraction of sp³-hybridized carbons (Fsp3) is 0.0667. The lowest BCUT2D eigenvalue weighted by molar-refractivity contribution is 0.0642. The third-order valence-electron chi connectivity index (χ3n) is 3.36. The van der Waals surface area contributed by atoms with Crippen molar-refractivity contribution in [1.29, 1.82) is 0 Å². The predicted octanol–water partition coefficient (Wildman–Crippen LogP) is 3.59. The van der Waals surface area contributed by atoms with Crippen molar-refractivity contribution in [2.75, 3.05) is 5.73 Å². The molecule has 1 aliphatic rings. The zero-order chi connectivity index (χ0) is 15.1. The van der Waals surface area contributed by atoms with Gasteiger partial charge in [0.15, 0.2) is 0 Å². The molecule has 21 heavy (non-hydrogen) atoms. The maximum atomic E-state index is 12.4. The molecule has 3 rings (SSSR count). The van der Waals surface area contributed by atoms with Crippen LogP contribution in [0.15, 0.2) is 45.3 Å². The minimum Gasteiger partial charge on any atom is -0.398 e. The summed E-state index contributed by atoms with van der Waals surface area (Å²) in [6.45, 7) is 0.220. The van der Waals surface area contributed by atoms with E-state index >= 15 is 0 Å². The number of halogens is 2. The zero-order valence-electron chi connectivity index (χ0n) is 10.8. The summed E-state index contributed by atoms with van der Waals surface area (Å²) in [7, 11) is 0. The lowest BCUT2D eigenvalue weighted by Gasteiger charge is -2.14. The van der Waals surface area contributed by atoms with Gasteiger partial charge in [-0.15, -0.1) is 0 Å². The van der Waals surface area contributed by atoms with E-state index in [-0.39, 0.29) is 18.4 Å². The topological polar surface area (TPSA) is 63.4 Å². The highest BCUT2D eigenvalue weighted by atomic mass is 79.9. The van der Waals surface area contributed by atoms with Crippen molar-refractivity contribution in [3.8, 4) is 0 Å². The molecule has 0 saturated heterocycles. The largest absolute Gasteiger partial charge is 0.398 e. The van der Waals surface area contributed by atoms with Gasteiger partial charge in [-0.1, -0.05) is 12.1 Å². The van der Waals surface area contributed by atoms with Crippen molar-refractivity contribution < 1.29 is 9.59 Å². The summed E-state index contributed by atoms with van der Waals surface area (Å²) < 4.78 is 1.79. The maximum absolute atomic E-state index is 12.4. The molecule has 2 amide bonds. The van der Waals surface area contributed by atoms with Crippen LogP contribution < -0.4 is 5.73 Å².